The summed E-state index contributed by atoms with van der Waals surface area (Å²) in [4.78, 5) is 41.7. The molecule has 0 radical (unpaired) electrons. The molecular formula is C33H42N4O4. The number of benzene rings is 3. The Morgan fingerprint density at radius 3 is 1.95 bits per heavy atom. The van der Waals surface area contributed by atoms with Gasteiger partial charge in [0.15, 0.2) is 0 Å². The fourth-order valence-electron chi connectivity index (χ4n) is 4.75. The number of nitrogens with one attached hydrogen (secondary N) is 1. The number of carbonyl (C=O) groups is 3. The first-order valence-electron chi connectivity index (χ1n) is 14.1. The van der Waals surface area contributed by atoms with Crippen LogP contribution in [0, 0.1) is 11.8 Å². The lowest BCUT2D eigenvalue weighted by molar-refractivity contribution is -0.145. The number of carbonyl (C=O) groups excluding carboxylic acids is 3. The quantitative estimate of drug-likeness (QED) is 0.251. The molecule has 8 nitrogen and oxygen atoms in total. The fourth-order valence-corrected chi connectivity index (χ4v) is 4.75. The van der Waals surface area contributed by atoms with E-state index in [-0.39, 0.29) is 30.6 Å². The third-order valence-corrected chi connectivity index (χ3v) is 7.52. The summed E-state index contributed by atoms with van der Waals surface area (Å²) in [5.41, 5.74) is 15.7. The second-order valence-corrected chi connectivity index (χ2v) is 11.0. The number of rotatable bonds is 13. The zero-order valence-corrected chi connectivity index (χ0v) is 24.3. The smallest absolute Gasteiger partial charge is 0.246 e. The van der Waals surface area contributed by atoms with E-state index >= 15 is 0 Å². The molecule has 41 heavy (non-hydrogen) atoms. The third kappa shape index (κ3) is 8.41. The Morgan fingerprint density at radius 1 is 0.854 bits per heavy atom. The number of hydrogen-bond donors (Lipinski definition) is 4. The Balaban J connectivity index is 2.00. The summed E-state index contributed by atoms with van der Waals surface area (Å²) in [5, 5.41) is 12.6. The van der Waals surface area contributed by atoms with Crippen molar-refractivity contribution in [1.82, 2.24) is 10.2 Å². The molecule has 8 heteroatoms. The van der Waals surface area contributed by atoms with Crippen LogP contribution in [0.25, 0.3) is 11.1 Å². The number of primary amides is 1. The molecule has 0 bridgehead atoms. The van der Waals surface area contributed by atoms with Gasteiger partial charge < -0.3 is 26.8 Å². The van der Waals surface area contributed by atoms with Crippen molar-refractivity contribution < 1.29 is 19.5 Å². The molecule has 0 aliphatic rings. The van der Waals surface area contributed by atoms with E-state index in [1.807, 2.05) is 82.3 Å². The summed E-state index contributed by atoms with van der Waals surface area (Å²) < 4.78 is 0. The van der Waals surface area contributed by atoms with Gasteiger partial charge in [0, 0.05) is 13.0 Å². The third-order valence-electron chi connectivity index (χ3n) is 7.52. The van der Waals surface area contributed by atoms with Gasteiger partial charge in [-0.3, -0.25) is 14.4 Å². The number of nitrogens with zero attached hydrogens (tertiary/aromatic N) is 1. The summed E-state index contributed by atoms with van der Waals surface area (Å²) in [6.45, 7) is 7.62. The van der Waals surface area contributed by atoms with Gasteiger partial charge in [0.2, 0.25) is 17.7 Å². The van der Waals surface area contributed by atoms with Gasteiger partial charge in [-0.25, -0.2) is 0 Å². The molecule has 3 amide bonds. The minimum Gasteiger partial charge on any atom is -0.508 e. The SMILES string of the molecule is CC[C@H](C)[C@@H](C(N)=O)N(Cc1ccc(-c2ccccc2)cc1)C(=O)[C@H](Cc1ccc(O)cc1)NC(=O)[C@@H](N)C(C)C. The van der Waals surface area contributed by atoms with Crippen molar-refractivity contribution in [2.45, 2.75) is 65.2 Å². The van der Waals surface area contributed by atoms with E-state index in [1.54, 1.807) is 12.1 Å². The van der Waals surface area contributed by atoms with E-state index in [0.717, 1.165) is 22.3 Å². The molecule has 0 aromatic heterocycles. The summed E-state index contributed by atoms with van der Waals surface area (Å²) in [6.07, 6.45) is 0.767. The van der Waals surface area contributed by atoms with Crippen molar-refractivity contribution >= 4 is 17.7 Å². The van der Waals surface area contributed by atoms with Gasteiger partial charge in [-0.1, -0.05) is 101 Å². The number of phenolic OH excluding ortho intramolecular Hbond substituents is 1. The van der Waals surface area contributed by atoms with E-state index in [0.29, 0.717) is 6.42 Å². The second-order valence-electron chi connectivity index (χ2n) is 11.0. The van der Waals surface area contributed by atoms with Crippen molar-refractivity contribution in [2.24, 2.45) is 23.3 Å². The minimum atomic E-state index is -1.01. The van der Waals surface area contributed by atoms with Crippen LogP contribution in [-0.2, 0) is 27.3 Å². The van der Waals surface area contributed by atoms with E-state index in [1.165, 1.54) is 17.0 Å². The maximum absolute atomic E-state index is 14.3. The normalized spacial score (nSPS) is 14.1. The molecule has 3 rings (SSSR count). The Bertz CT molecular complexity index is 1290. The lowest BCUT2D eigenvalue weighted by Gasteiger charge is -2.36. The minimum absolute atomic E-state index is 0.0913. The van der Waals surface area contributed by atoms with Crippen molar-refractivity contribution in [1.29, 1.82) is 0 Å². The lowest BCUT2D eigenvalue weighted by atomic mass is 9.94. The summed E-state index contributed by atoms with van der Waals surface area (Å²) in [5.74, 6) is -1.77. The van der Waals surface area contributed by atoms with Crippen LogP contribution in [0.5, 0.6) is 5.75 Å². The molecule has 3 aromatic carbocycles. The van der Waals surface area contributed by atoms with Crippen molar-refractivity contribution in [3.63, 3.8) is 0 Å². The molecule has 0 spiro atoms. The molecule has 0 unspecified atom stereocenters. The van der Waals surface area contributed by atoms with Crippen LogP contribution >= 0.6 is 0 Å². The predicted molar refractivity (Wildman–Crippen MR) is 161 cm³/mol. The first kappa shape index (κ1) is 31.4. The Labute approximate surface area is 242 Å². The highest BCUT2D eigenvalue weighted by Crippen LogP contribution is 2.24. The van der Waals surface area contributed by atoms with Crippen molar-refractivity contribution in [2.75, 3.05) is 0 Å². The van der Waals surface area contributed by atoms with E-state index < -0.39 is 35.8 Å². The standard InChI is InChI=1S/C33H42N4O4/c1-5-22(4)30(31(35)39)37(20-24-11-15-26(16-12-24)25-9-7-6-8-10-25)33(41)28(36-32(40)29(34)21(2)3)19-23-13-17-27(38)18-14-23/h6-18,21-22,28-30,38H,5,19-20,34H2,1-4H3,(H2,35,39)(H,36,40)/t22-,28-,29-,30-/m0/s1. The molecule has 3 aromatic rings. The maximum Gasteiger partial charge on any atom is 0.246 e. The Kier molecular flexibility index (Phi) is 11.1. The highest BCUT2D eigenvalue weighted by Gasteiger charge is 2.37. The number of aromatic hydroxyl groups is 1. The zero-order chi connectivity index (χ0) is 30.1. The topological polar surface area (TPSA) is 139 Å². The Morgan fingerprint density at radius 2 is 1.41 bits per heavy atom. The van der Waals surface area contributed by atoms with Gasteiger partial charge in [-0.2, -0.15) is 0 Å². The van der Waals surface area contributed by atoms with Gasteiger partial charge in [0.1, 0.15) is 17.8 Å². The van der Waals surface area contributed by atoms with Gasteiger partial charge in [0.25, 0.3) is 0 Å². The van der Waals surface area contributed by atoms with Crippen LogP contribution in [0.4, 0.5) is 0 Å². The molecule has 218 valence electrons. The maximum atomic E-state index is 14.3. The van der Waals surface area contributed by atoms with Crippen molar-refractivity contribution in [3.05, 3.63) is 90.0 Å². The number of nitrogens with two attached hydrogens (primary N) is 2. The summed E-state index contributed by atoms with van der Waals surface area (Å²) in [7, 11) is 0. The number of hydrogen-bond acceptors (Lipinski definition) is 5. The highest BCUT2D eigenvalue weighted by molar-refractivity contribution is 5.93. The van der Waals surface area contributed by atoms with Gasteiger partial charge in [0.05, 0.1) is 6.04 Å². The molecule has 6 N–H and O–H groups in total. The largest absolute Gasteiger partial charge is 0.508 e. The molecular weight excluding hydrogens is 516 g/mol. The molecule has 4 atom stereocenters. The van der Waals surface area contributed by atoms with Crippen LogP contribution in [0.3, 0.4) is 0 Å². The van der Waals surface area contributed by atoms with Gasteiger partial charge in [-0.05, 0) is 46.2 Å². The average Bonchev–Trinajstić information content (AvgIpc) is 2.97. The van der Waals surface area contributed by atoms with Crippen molar-refractivity contribution in [3.8, 4) is 16.9 Å². The highest BCUT2D eigenvalue weighted by atomic mass is 16.3. The monoisotopic (exact) mass is 558 g/mol. The molecule has 0 aliphatic carbocycles. The van der Waals surface area contributed by atoms with Gasteiger partial charge >= 0.3 is 0 Å². The van der Waals surface area contributed by atoms with Crippen LogP contribution in [0.2, 0.25) is 0 Å². The van der Waals surface area contributed by atoms with E-state index in [2.05, 4.69) is 5.32 Å². The van der Waals surface area contributed by atoms with Crippen LogP contribution in [0.1, 0.15) is 45.2 Å². The lowest BCUT2D eigenvalue weighted by Crippen LogP contribution is -2.59. The second kappa shape index (κ2) is 14.5. The average molecular weight is 559 g/mol. The van der Waals surface area contributed by atoms with E-state index in [4.69, 9.17) is 11.5 Å². The fraction of sp³-hybridized carbons (Fsp3) is 0.364. The zero-order valence-electron chi connectivity index (χ0n) is 24.3. The van der Waals surface area contributed by atoms with Crippen LogP contribution < -0.4 is 16.8 Å². The number of phenols is 1. The predicted octanol–water partition coefficient (Wildman–Crippen LogP) is 4.00. The van der Waals surface area contributed by atoms with Gasteiger partial charge in [-0.15, -0.1) is 0 Å². The molecule has 0 fully saturated rings. The first-order valence-corrected chi connectivity index (χ1v) is 14.1. The molecule has 0 saturated carbocycles. The van der Waals surface area contributed by atoms with E-state index in [9.17, 15) is 19.5 Å². The Hall–Kier alpha value is -4.17. The molecule has 0 aliphatic heterocycles. The first-order chi connectivity index (χ1) is 19.5. The molecule has 0 heterocycles. The summed E-state index contributed by atoms with van der Waals surface area (Å²) in [6, 6.07) is 21.5. The number of amides is 3. The van der Waals surface area contributed by atoms with Crippen LogP contribution in [0.15, 0.2) is 78.9 Å². The van der Waals surface area contributed by atoms with Crippen LogP contribution in [-0.4, -0.2) is 45.9 Å². The molecule has 0 saturated heterocycles. The summed E-state index contributed by atoms with van der Waals surface area (Å²) >= 11 is 0.